The lowest BCUT2D eigenvalue weighted by Crippen LogP contribution is -2.34. The molecule has 4 nitrogen and oxygen atoms in total. The predicted molar refractivity (Wildman–Crippen MR) is 70.1 cm³/mol. The minimum absolute atomic E-state index is 0.137. The molecule has 0 saturated heterocycles. The van der Waals surface area contributed by atoms with Crippen molar-refractivity contribution >= 4 is 16.8 Å². The highest BCUT2D eigenvalue weighted by Crippen LogP contribution is 2.19. The molecule has 0 saturated carbocycles. The lowest BCUT2D eigenvalue weighted by molar-refractivity contribution is 0.491. The molecule has 1 aromatic carbocycles. The molecule has 0 fully saturated rings. The number of rotatable bonds is 4. The number of hydrogen-bond donors (Lipinski definition) is 2. The van der Waals surface area contributed by atoms with E-state index in [9.17, 15) is 0 Å². The molecule has 1 aromatic heterocycles. The normalized spacial score (nSPS) is 12.0. The maximum absolute atomic E-state index is 5.93. The first-order valence-electron chi connectivity index (χ1n) is 5.84. The number of aryl methyl sites for hydroxylation is 1. The highest BCUT2D eigenvalue weighted by atomic mass is 16.3. The van der Waals surface area contributed by atoms with Gasteiger partial charge in [-0.2, -0.15) is 0 Å². The number of nitrogens with one attached hydrogen (secondary N) is 1. The standard InChI is InChI=1S/C13H19N3O/c1-9-16-11-8-10(4-5-12(11)17-9)15-7-6-13(2,3)14/h4-5,8,15H,6-7,14H2,1-3H3. The second-order valence-electron chi connectivity index (χ2n) is 5.08. The summed E-state index contributed by atoms with van der Waals surface area (Å²) in [7, 11) is 0. The molecule has 0 aliphatic rings. The molecule has 92 valence electrons. The minimum Gasteiger partial charge on any atom is -0.441 e. The van der Waals surface area contributed by atoms with Gasteiger partial charge in [0.05, 0.1) is 0 Å². The number of benzene rings is 1. The Bertz CT molecular complexity index is 511. The van der Waals surface area contributed by atoms with Gasteiger partial charge in [0.15, 0.2) is 11.5 Å². The number of anilines is 1. The molecule has 0 atom stereocenters. The first-order chi connectivity index (χ1) is 7.94. The second-order valence-corrected chi connectivity index (χ2v) is 5.08. The number of fused-ring (bicyclic) bond motifs is 1. The van der Waals surface area contributed by atoms with Crippen LogP contribution >= 0.6 is 0 Å². The molecular formula is C13H19N3O. The quantitative estimate of drug-likeness (QED) is 0.852. The zero-order valence-corrected chi connectivity index (χ0v) is 10.6. The molecule has 2 rings (SSSR count). The summed E-state index contributed by atoms with van der Waals surface area (Å²) in [6.07, 6.45) is 0.920. The van der Waals surface area contributed by atoms with Gasteiger partial charge in [-0.3, -0.25) is 0 Å². The molecule has 3 N–H and O–H groups in total. The Labute approximate surface area is 101 Å². The van der Waals surface area contributed by atoms with E-state index in [1.807, 2.05) is 39.0 Å². The molecule has 0 unspecified atom stereocenters. The third kappa shape index (κ3) is 3.20. The van der Waals surface area contributed by atoms with E-state index in [1.54, 1.807) is 0 Å². The van der Waals surface area contributed by atoms with Gasteiger partial charge in [0.1, 0.15) is 5.52 Å². The highest BCUT2D eigenvalue weighted by molar-refractivity contribution is 5.77. The van der Waals surface area contributed by atoms with E-state index in [-0.39, 0.29) is 5.54 Å². The molecule has 0 aliphatic carbocycles. The summed E-state index contributed by atoms with van der Waals surface area (Å²) >= 11 is 0. The maximum atomic E-state index is 5.93. The van der Waals surface area contributed by atoms with E-state index in [4.69, 9.17) is 10.2 Å². The van der Waals surface area contributed by atoms with E-state index in [0.717, 1.165) is 29.8 Å². The van der Waals surface area contributed by atoms with Crippen LogP contribution in [0.4, 0.5) is 5.69 Å². The molecule has 0 aliphatic heterocycles. The Morgan fingerprint density at radius 1 is 1.41 bits per heavy atom. The van der Waals surface area contributed by atoms with Gasteiger partial charge in [-0.25, -0.2) is 4.98 Å². The second kappa shape index (κ2) is 4.37. The summed E-state index contributed by atoms with van der Waals surface area (Å²) in [5.74, 6) is 0.695. The van der Waals surface area contributed by atoms with Crippen LogP contribution in [0.5, 0.6) is 0 Å². The molecule has 0 spiro atoms. The van der Waals surface area contributed by atoms with Crippen LogP contribution in [0.1, 0.15) is 26.2 Å². The number of nitrogens with two attached hydrogens (primary N) is 1. The molecule has 1 heterocycles. The Hall–Kier alpha value is -1.55. The van der Waals surface area contributed by atoms with Crippen molar-refractivity contribution in [1.82, 2.24) is 4.98 Å². The van der Waals surface area contributed by atoms with Gasteiger partial charge in [-0.05, 0) is 38.5 Å². The molecule has 0 radical (unpaired) electrons. The van der Waals surface area contributed by atoms with Gasteiger partial charge in [0.2, 0.25) is 0 Å². The monoisotopic (exact) mass is 233 g/mol. The zero-order valence-electron chi connectivity index (χ0n) is 10.6. The van der Waals surface area contributed by atoms with Crippen LogP contribution in [0.25, 0.3) is 11.1 Å². The average molecular weight is 233 g/mol. The van der Waals surface area contributed by atoms with E-state index in [0.29, 0.717) is 5.89 Å². The topological polar surface area (TPSA) is 64.1 Å². The zero-order chi connectivity index (χ0) is 12.5. The van der Waals surface area contributed by atoms with Crippen LogP contribution in [0.15, 0.2) is 22.6 Å². The van der Waals surface area contributed by atoms with Crippen LogP contribution < -0.4 is 11.1 Å². The van der Waals surface area contributed by atoms with Gasteiger partial charge in [0, 0.05) is 24.7 Å². The van der Waals surface area contributed by atoms with E-state index in [2.05, 4.69) is 10.3 Å². The smallest absolute Gasteiger partial charge is 0.192 e. The van der Waals surface area contributed by atoms with Gasteiger partial charge < -0.3 is 15.5 Å². The first-order valence-corrected chi connectivity index (χ1v) is 5.84. The number of nitrogens with zero attached hydrogens (tertiary/aromatic N) is 1. The fourth-order valence-corrected chi connectivity index (χ4v) is 1.68. The lowest BCUT2D eigenvalue weighted by atomic mass is 10.0. The summed E-state index contributed by atoms with van der Waals surface area (Å²) in [5, 5.41) is 3.34. The van der Waals surface area contributed by atoms with Gasteiger partial charge in [0.25, 0.3) is 0 Å². The molecule has 2 aromatic rings. The van der Waals surface area contributed by atoms with E-state index < -0.39 is 0 Å². The fraction of sp³-hybridized carbons (Fsp3) is 0.462. The van der Waals surface area contributed by atoms with Crippen LogP contribution in [-0.4, -0.2) is 17.1 Å². The molecular weight excluding hydrogens is 214 g/mol. The third-order valence-electron chi connectivity index (χ3n) is 2.59. The van der Waals surface area contributed by atoms with E-state index >= 15 is 0 Å². The van der Waals surface area contributed by atoms with Crippen LogP contribution in [-0.2, 0) is 0 Å². The predicted octanol–water partition coefficient (Wildman–Crippen LogP) is 2.68. The summed E-state index contributed by atoms with van der Waals surface area (Å²) in [6, 6.07) is 5.93. The number of oxazole rings is 1. The lowest BCUT2D eigenvalue weighted by Gasteiger charge is -2.18. The summed E-state index contributed by atoms with van der Waals surface area (Å²) in [6.45, 7) is 6.76. The van der Waals surface area contributed by atoms with Gasteiger partial charge in [-0.1, -0.05) is 0 Å². The third-order valence-corrected chi connectivity index (χ3v) is 2.59. The van der Waals surface area contributed by atoms with Crippen molar-refractivity contribution in [3.8, 4) is 0 Å². The molecule has 0 bridgehead atoms. The maximum Gasteiger partial charge on any atom is 0.192 e. The van der Waals surface area contributed by atoms with Crippen molar-refractivity contribution in [2.24, 2.45) is 5.73 Å². The Balaban J connectivity index is 2.04. The molecule has 17 heavy (non-hydrogen) atoms. The highest BCUT2D eigenvalue weighted by Gasteiger charge is 2.09. The summed E-state index contributed by atoms with van der Waals surface area (Å²) in [4.78, 5) is 4.30. The van der Waals surface area contributed by atoms with Crippen LogP contribution in [0, 0.1) is 6.92 Å². The van der Waals surface area contributed by atoms with Crippen molar-refractivity contribution in [3.63, 3.8) is 0 Å². The van der Waals surface area contributed by atoms with Crippen molar-refractivity contribution in [2.75, 3.05) is 11.9 Å². The summed E-state index contributed by atoms with van der Waals surface area (Å²) in [5.41, 5.74) is 8.55. The van der Waals surface area contributed by atoms with Crippen molar-refractivity contribution in [1.29, 1.82) is 0 Å². The summed E-state index contributed by atoms with van der Waals surface area (Å²) < 4.78 is 5.42. The van der Waals surface area contributed by atoms with E-state index in [1.165, 1.54) is 0 Å². The Morgan fingerprint density at radius 3 is 2.88 bits per heavy atom. The molecule has 4 heteroatoms. The molecule has 0 amide bonds. The Morgan fingerprint density at radius 2 is 2.18 bits per heavy atom. The van der Waals surface area contributed by atoms with Gasteiger partial charge >= 0.3 is 0 Å². The largest absolute Gasteiger partial charge is 0.441 e. The minimum atomic E-state index is -0.137. The fourth-order valence-electron chi connectivity index (χ4n) is 1.68. The van der Waals surface area contributed by atoms with Crippen molar-refractivity contribution in [3.05, 3.63) is 24.1 Å². The Kier molecular flexibility index (Phi) is 3.07. The van der Waals surface area contributed by atoms with Crippen molar-refractivity contribution < 1.29 is 4.42 Å². The number of hydrogen-bond acceptors (Lipinski definition) is 4. The number of aromatic nitrogens is 1. The van der Waals surface area contributed by atoms with Crippen LogP contribution in [0.3, 0.4) is 0 Å². The van der Waals surface area contributed by atoms with Crippen LogP contribution in [0.2, 0.25) is 0 Å². The van der Waals surface area contributed by atoms with Crippen molar-refractivity contribution in [2.45, 2.75) is 32.7 Å². The first kappa shape index (κ1) is 11.9. The SMILES string of the molecule is Cc1nc2cc(NCCC(C)(C)N)ccc2o1. The van der Waals surface area contributed by atoms with Gasteiger partial charge in [-0.15, -0.1) is 0 Å². The average Bonchev–Trinajstić information content (AvgIpc) is 2.55.